The molecule has 176 valence electrons. The molecule has 2 rings (SSSR count). The third-order valence-corrected chi connectivity index (χ3v) is 5.48. The number of likely N-dealkylation sites (tertiary alicyclic amines) is 1. The molecule has 3 N–H and O–H groups in total. The molecule has 8 heteroatoms. The number of nitrogens with zero attached hydrogens (tertiary/aromatic N) is 3. The van der Waals surface area contributed by atoms with Gasteiger partial charge in [-0.2, -0.15) is 0 Å². The van der Waals surface area contributed by atoms with Crippen molar-refractivity contribution in [1.29, 1.82) is 0 Å². The minimum atomic E-state index is -0.144. The molecule has 1 saturated heterocycles. The van der Waals surface area contributed by atoms with E-state index >= 15 is 0 Å². The molecule has 0 unspecified atom stereocenters. The second kappa shape index (κ2) is 15.3. The number of aliphatic imine (C=N–C) groups is 1. The van der Waals surface area contributed by atoms with E-state index in [9.17, 15) is 4.79 Å². The summed E-state index contributed by atoms with van der Waals surface area (Å²) in [6.45, 7) is 10.3. The van der Waals surface area contributed by atoms with Gasteiger partial charge in [-0.05, 0) is 76.9 Å². The standard InChI is InChI=1S/C23H39N5O2.HI/c1-4-25-23(27(3)18-19-8-10-21(11-9-19)30-5-2)26-14-6-7-15-28-16-12-20(13-17-28)22(24)29;/h8-11,20H,4-7,12-18H2,1-3H3,(H2,24,29)(H,25,26);1H. The maximum atomic E-state index is 11.3. The monoisotopic (exact) mass is 545 g/mol. The summed E-state index contributed by atoms with van der Waals surface area (Å²) in [5.41, 5.74) is 6.64. The number of halogens is 1. The van der Waals surface area contributed by atoms with Gasteiger partial charge in [0.05, 0.1) is 6.61 Å². The zero-order valence-corrected chi connectivity index (χ0v) is 21.6. The van der Waals surface area contributed by atoms with Crippen LogP contribution in [0.15, 0.2) is 29.3 Å². The highest BCUT2D eigenvalue weighted by Crippen LogP contribution is 2.17. The fraction of sp³-hybridized carbons (Fsp3) is 0.652. The minimum absolute atomic E-state index is 0. The molecule has 0 aliphatic carbocycles. The van der Waals surface area contributed by atoms with Crippen LogP contribution in [0.1, 0.15) is 45.1 Å². The summed E-state index contributed by atoms with van der Waals surface area (Å²) in [4.78, 5) is 20.7. The number of nitrogens with one attached hydrogen (secondary N) is 1. The Morgan fingerprint density at radius 3 is 2.48 bits per heavy atom. The van der Waals surface area contributed by atoms with E-state index < -0.39 is 0 Å². The van der Waals surface area contributed by atoms with Crippen LogP contribution in [0.3, 0.4) is 0 Å². The Balaban J connectivity index is 0.00000480. The third-order valence-electron chi connectivity index (χ3n) is 5.48. The number of hydrogen-bond donors (Lipinski definition) is 2. The summed E-state index contributed by atoms with van der Waals surface area (Å²) in [6.07, 6.45) is 3.97. The van der Waals surface area contributed by atoms with Gasteiger partial charge in [0.2, 0.25) is 5.91 Å². The molecule has 1 heterocycles. The third kappa shape index (κ3) is 10.1. The number of carbonyl (C=O) groups is 1. The number of unbranched alkanes of at least 4 members (excludes halogenated alkanes) is 1. The van der Waals surface area contributed by atoms with Crippen molar-refractivity contribution in [2.24, 2.45) is 16.6 Å². The first kappa shape index (κ1) is 27.5. The summed E-state index contributed by atoms with van der Waals surface area (Å²) in [5, 5.41) is 3.39. The largest absolute Gasteiger partial charge is 0.494 e. The van der Waals surface area contributed by atoms with Crippen molar-refractivity contribution in [3.8, 4) is 5.75 Å². The lowest BCUT2D eigenvalue weighted by Gasteiger charge is -2.30. The van der Waals surface area contributed by atoms with Gasteiger partial charge in [-0.3, -0.25) is 9.79 Å². The lowest BCUT2D eigenvalue weighted by Crippen LogP contribution is -2.39. The van der Waals surface area contributed by atoms with E-state index in [1.165, 1.54) is 5.56 Å². The van der Waals surface area contributed by atoms with Gasteiger partial charge in [0.1, 0.15) is 5.75 Å². The second-order valence-electron chi connectivity index (χ2n) is 7.89. The summed E-state index contributed by atoms with van der Waals surface area (Å²) < 4.78 is 5.51. The highest BCUT2D eigenvalue weighted by Gasteiger charge is 2.22. The molecule has 1 aliphatic rings. The molecule has 0 saturated carbocycles. The maximum absolute atomic E-state index is 11.3. The first-order valence-electron chi connectivity index (χ1n) is 11.3. The smallest absolute Gasteiger partial charge is 0.220 e. The quantitative estimate of drug-likeness (QED) is 0.193. The van der Waals surface area contributed by atoms with Gasteiger partial charge in [0, 0.05) is 32.6 Å². The van der Waals surface area contributed by atoms with Crippen molar-refractivity contribution in [2.45, 2.75) is 46.1 Å². The van der Waals surface area contributed by atoms with Crippen molar-refractivity contribution in [1.82, 2.24) is 15.1 Å². The zero-order chi connectivity index (χ0) is 21.8. The number of carbonyl (C=O) groups excluding carboxylic acids is 1. The molecular formula is C23H40IN5O2. The second-order valence-corrected chi connectivity index (χ2v) is 7.89. The molecule has 1 aliphatic heterocycles. The van der Waals surface area contributed by atoms with E-state index in [4.69, 9.17) is 15.5 Å². The van der Waals surface area contributed by atoms with E-state index in [0.717, 1.165) is 76.7 Å². The summed E-state index contributed by atoms with van der Waals surface area (Å²) in [6, 6.07) is 8.24. The Kier molecular flexibility index (Phi) is 13.6. The Bertz CT molecular complexity index is 660. The van der Waals surface area contributed by atoms with Gasteiger partial charge >= 0.3 is 0 Å². The number of ether oxygens (including phenoxy) is 1. The molecule has 0 bridgehead atoms. The number of nitrogens with two attached hydrogens (primary N) is 1. The van der Waals surface area contributed by atoms with Crippen LogP contribution in [0.2, 0.25) is 0 Å². The number of hydrogen-bond acceptors (Lipinski definition) is 4. The fourth-order valence-corrected chi connectivity index (χ4v) is 3.75. The lowest BCUT2D eigenvalue weighted by atomic mass is 9.96. The molecule has 0 spiro atoms. The van der Waals surface area contributed by atoms with Crippen LogP contribution in [-0.2, 0) is 11.3 Å². The van der Waals surface area contributed by atoms with Gasteiger partial charge in [0.25, 0.3) is 0 Å². The average molecular weight is 546 g/mol. The number of amides is 1. The highest BCUT2D eigenvalue weighted by molar-refractivity contribution is 14.0. The molecule has 0 aromatic heterocycles. The number of benzene rings is 1. The Morgan fingerprint density at radius 1 is 1.23 bits per heavy atom. The summed E-state index contributed by atoms with van der Waals surface area (Å²) in [7, 11) is 2.07. The topological polar surface area (TPSA) is 83.2 Å². The fourth-order valence-electron chi connectivity index (χ4n) is 3.75. The molecule has 1 fully saturated rings. The van der Waals surface area contributed by atoms with Crippen LogP contribution in [0, 0.1) is 5.92 Å². The summed E-state index contributed by atoms with van der Waals surface area (Å²) >= 11 is 0. The molecule has 1 amide bonds. The normalized spacial score (nSPS) is 15.3. The number of piperidine rings is 1. The Labute approximate surface area is 204 Å². The van der Waals surface area contributed by atoms with E-state index in [1.54, 1.807) is 0 Å². The lowest BCUT2D eigenvalue weighted by molar-refractivity contribution is -0.123. The van der Waals surface area contributed by atoms with Gasteiger partial charge in [-0.1, -0.05) is 12.1 Å². The molecule has 31 heavy (non-hydrogen) atoms. The number of primary amides is 1. The van der Waals surface area contributed by atoms with Gasteiger partial charge in [-0.15, -0.1) is 24.0 Å². The predicted molar refractivity (Wildman–Crippen MR) is 138 cm³/mol. The first-order valence-corrected chi connectivity index (χ1v) is 11.3. The van der Waals surface area contributed by atoms with Crippen LogP contribution >= 0.6 is 24.0 Å². The molecule has 0 radical (unpaired) electrons. The Morgan fingerprint density at radius 2 is 1.90 bits per heavy atom. The van der Waals surface area contributed by atoms with Crippen LogP contribution < -0.4 is 15.8 Å². The molecule has 0 atom stereocenters. The maximum Gasteiger partial charge on any atom is 0.220 e. The van der Waals surface area contributed by atoms with E-state index in [0.29, 0.717) is 6.61 Å². The van der Waals surface area contributed by atoms with Gasteiger partial charge in [0.15, 0.2) is 5.96 Å². The number of guanidine groups is 1. The van der Waals surface area contributed by atoms with Crippen LogP contribution in [-0.4, -0.2) is 68.0 Å². The highest BCUT2D eigenvalue weighted by atomic mass is 127. The van der Waals surface area contributed by atoms with Gasteiger partial charge in [-0.25, -0.2) is 0 Å². The van der Waals surface area contributed by atoms with Crippen LogP contribution in [0.25, 0.3) is 0 Å². The average Bonchev–Trinajstić information content (AvgIpc) is 2.74. The van der Waals surface area contributed by atoms with Crippen LogP contribution in [0.5, 0.6) is 5.75 Å². The van der Waals surface area contributed by atoms with Crippen molar-refractivity contribution < 1.29 is 9.53 Å². The first-order chi connectivity index (χ1) is 14.5. The Hall–Kier alpha value is -1.55. The zero-order valence-electron chi connectivity index (χ0n) is 19.3. The molecule has 1 aromatic rings. The van der Waals surface area contributed by atoms with Crippen LogP contribution in [0.4, 0.5) is 0 Å². The van der Waals surface area contributed by atoms with Crippen molar-refractivity contribution in [3.05, 3.63) is 29.8 Å². The minimum Gasteiger partial charge on any atom is -0.494 e. The molecule has 7 nitrogen and oxygen atoms in total. The van der Waals surface area contributed by atoms with Gasteiger partial charge < -0.3 is 25.6 Å². The molecule has 1 aromatic carbocycles. The van der Waals surface area contributed by atoms with Crippen molar-refractivity contribution in [3.63, 3.8) is 0 Å². The molecular weight excluding hydrogens is 505 g/mol. The van der Waals surface area contributed by atoms with Crippen molar-refractivity contribution >= 4 is 35.8 Å². The van der Waals surface area contributed by atoms with E-state index in [2.05, 4.69) is 41.2 Å². The summed E-state index contributed by atoms with van der Waals surface area (Å²) in [5.74, 6) is 1.77. The van der Waals surface area contributed by atoms with Crippen molar-refractivity contribution in [2.75, 3.05) is 46.4 Å². The number of rotatable bonds is 11. The van der Waals surface area contributed by atoms with E-state index in [1.807, 2.05) is 19.1 Å². The predicted octanol–water partition coefficient (Wildman–Crippen LogP) is 3.08. The van der Waals surface area contributed by atoms with E-state index in [-0.39, 0.29) is 35.8 Å². The SMILES string of the molecule is CCNC(=NCCCCN1CCC(C(N)=O)CC1)N(C)Cc1ccc(OCC)cc1.I.